The quantitative estimate of drug-likeness (QED) is 0.420. The lowest BCUT2D eigenvalue weighted by atomic mass is 9.60. The Hall–Kier alpha value is -3.16. The van der Waals surface area contributed by atoms with Crippen LogP contribution in [-0.4, -0.2) is 17.6 Å². The monoisotopic (exact) mass is 429 g/mol. The van der Waals surface area contributed by atoms with Gasteiger partial charge in [0.1, 0.15) is 6.04 Å². The molecule has 0 amide bonds. The summed E-state index contributed by atoms with van der Waals surface area (Å²) >= 11 is 0. The lowest BCUT2D eigenvalue weighted by Gasteiger charge is -2.44. The first kappa shape index (κ1) is 21.1. The minimum atomic E-state index is -4.43. The molecule has 1 saturated carbocycles. The Labute approximate surface area is 177 Å². The number of hydrogen-bond acceptors (Lipinski definition) is 5. The number of halogens is 3. The van der Waals surface area contributed by atoms with Crippen LogP contribution in [-0.2, 0) is 11.6 Å². The zero-order valence-electron chi connectivity index (χ0n) is 16.7. The highest BCUT2D eigenvalue weighted by atomic mass is 19.4. The predicted octanol–water partition coefficient (Wildman–Crippen LogP) is 6.42. The van der Waals surface area contributed by atoms with Gasteiger partial charge in [0.15, 0.2) is 12.2 Å². The summed E-state index contributed by atoms with van der Waals surface area (Å²) in [4.78, 5) is 15.5. The van der Waals surface area contributed by atoms with Gasteiger partial charge < -0.3 is 9.73 Å². The van der Waals surface area contributed by atoms with E-state index in [-0.39, 0.29) is 18.5 Å². The van der Waals surface area contributed by atoms with Gasteiger partial charge in [-0.25, -0.2) is 4.98 Å². The second-order valence-corrected chi connectivity index (χ2v) is 7.97. The van der Waals surface area contributed by atoms with Crippen molar-refractivity contribution in [3.05, 3.63) is 77.2 Å². The lowest BCUT2D eigenvalue weighted by Crippen LogP contribution is -2.40. The highest BCUT2D eigenvalue weighted by molar-refractivity contribution is 5.63. The van der Waals surface area contributed by atoms with Gasteiger partial charge in [-0.3, -0.25) is 0 Å². The van der Waals surface area contributed by atoms with E-state index in [1.807, 2.05) is 24.3 Å². The molecule has 0 radical (unpaired) electrons. The van der Waals surface area contributed by atoms with Crippen molar-refractivity contribution in [3.63, 3.8) is 0 Å². The van der Waals surface area contributed by atoms with Gasteiger partial charge in [-0.15, -0.1) is 0 Å². The molecule has 0 saturated heterocycles. The molecule has 1 fully saturated rings. The first-order valence-electron chi connectivity index (χ1n) is 10.1. The number of aromatic nitrogens is 1. The molecule has 1 aliphatic rings. The van der Waals surface area contributed by atoms with Crippen molar-refractivity contribution in [2.75, 3.05) is 11.9 Å². The van der Waals surface area contributed by atoms with Gasteiger partial charge in [0, 0.05) is 17.8 Å². The van der Waals surface area contributed by atoms with Crippen LogP contribution < -0.4 is 5.32 Å². The van der Waals surface area contributed by atoms with Crippen LogP contribution in [0.5, 0.6) is 0 Å². The van der Waals surface area contributed by atoms with Crippen LogP contribution in [0.4, 0.5) is 18.9 Å². The van der Waals surface area contributed by atoms with Gasteiger partial charge in [0.25, 0.3) is 0 Å². The van der Waals surface area contributed by atoms with Crippen LogP contribution in [0.1, 0.15) is 36.8 Å². The molecule has 2 aromatic carbocycles. The number of oxazole rings is 1. The Morgan fingerprint density at radius 1 is 1.16 bits per heavy atom. The number of hydrogen-bond donors (Lipinski definition) is 1. The van der Waals surface area contributed by atoms with E-state index in [9.17, 15) is 18.1 Å². The van der Waals surface area contributed by atoms with Crippen LogP contribution in [0.3, 0.4) is 0 Å². The van der Waals surface area contributed by atoms with Crippen molar-refractivity contribution >= 4 is 5.69 Å². The number of anilines is 1. The van der Waals surface area contributed by atoms with Crippen LogP contribution >= 0.6 is 0 Å². The molecule has 0 bridgehead atoms. The van der Waals surface area contributed by atoms with Crippen molar-refractivity contribution < 1.29 is 17.6 Å². The van der Waals surface area contributed by atoms with E-state index >= 15 is 0 Å². The van der Waals surface area contributed by atoms with E-state index in [0.717, 1.165) is 23.7 Å². The van der Waals surface area contributed by atoms with Crippen LogP contribution in [0.2, 0.25) is 0 Å². The zero-order valence-corrected chi connectivity index (χ0v) is 16.7. The molecule has 0 aliphatic heterocycles. The highest BCUT2D eigenvalue weighted by Gasteiger charge is 2.46. The molecule has 1 aromatic heterocycles. The molecule has 8 heteroatoms. The summed E-state index contributed by atoms with van der Waals surface area (Å²) in [5.41, 5.74) is 0.573. The average Bonchev–Trinajstić information content (AvgIpc) is 3.27. The maximum Gasteiger partial charge on any atom is 0.416 e. The fraction of sp³-hybridized carbons (Fsp3) is 0.348. The fourth-order valence-corrected chi connectivity index (χ4v) is 4.35. The summed E-state index contributed by atoms with van der Waals surface area (Å²) in [5, 5.41) is 6.42. The molecule has 162 valence electrons. The largest absolute Gasteiger partial charge is 0.444 e. The van der Waals surface area contributed by atoms with Crippen LogP contribution in [0.15, 0.2) is 70.7 Å². The van der Waals surface area contributed by atoms with Gasteiger partial charge in [-0.05, 0) is 48.4 Å². The Morgan fingerprint density at radius 2 is 1.97 bits per heavy atom. The van der Waals surface area contributed by atoms with Crippen LogP contribution in [0.25, 0.3) is 11.3 Å². The molecule has 1 N–H and O–H groups in total. The molecule has 3 aromatic rings. The number of nitrogens with zero attached hydrogens (tertiary/aromatic N) is 2. The van der Waals surface area contributed by atoms with E-state index in [1.165, 1.54) is 18.5 Å². The molecular formula is C23H22F3N3O2. The minimum absolute atomic E-state index is 0.235. The SMILES string of the molecule is O=NC(CNc1cccc(-c2cnco2)c1)CC1(c2ccccc2C(F)(F)F)CCC1. The van der Waals surface area contributed by atoms with Crippen molar-refractivity contribution in [3.8, 4) is 11.3 Å². The first-order valence-corrected chi connectivity index (χ1v) is 10.1. The summed E-state index contributed by atoms with van der Waals surface area (Å²) in [6, 6.07) is 12.5. The Kier molecular flexibility index (Phi) is 5.80. The molecule has 4 rings (SSSR count). The van der Waals surface area contributed by atoms with E-state index < -0.39 is 23.2 Å². The number of benzene rings is 2. The van der Waals surface area contributed by atoms with Crippen molar-refractivity contribution in [2.45, 2.75) is 43.3 Å². The van der Waals surface area contributed by atoms with Crippen molar-refractivity contribution in [1.82, 2.24) is 4.98 Å². The van der Waals surface area contributed by atoms with Gasteiger partial charge in [-0.1, -0.05) is 41.9 Å². The van der Waals surface area contributed by atoms with Gasteiger partial charge in [0.2, 0.25) is 0 Å². The van der Waals surface area contributed by atoms with Gasteiger partial charge >= 0.3 is 6.18 Å². The van der Waals surface area contributed by atoms with E-state index in [0.29, 0.717) is 18.6 Å². The van der Waals surface area contributed by atoms with E-state index in [4.69, 9.17) is 4.42 Å². The maximum atomic E-state index is 13.6. The Balaban J connectivity index is 1.49. The van der Waals surface area contributed by atoms with E-state index in [2.05, 4.69) is 15.5 Å². The smallest absolute Gasteiger partial charge is 0.416 e. The molecule has 1 atom stereocenters. The topological polar surface area (TPSA) is 67.5 Å². The third-order valence-electron chi connectivity index (χ3n) is 6.01. The number of nitrogens with one attached hydrogen (secondary N) is 1. The highest BCUT2D eigenvalue weighted by Crippen LogP contribution is 2.51. The molecule has 1 heterocycles. The second-order valence-electron chi connectivity index (χ2n) is 7.97. The normalized spacial score (nSPS) is 16.4. The summed E-state index contributed by atoms with van der Waals surface area (Å²) in [6.07, 6.45) is 0.873. The Morgan fingerprint density at radius 3 is 2.61 bits per heavy atom. The predicted molar refractivity (Wildman–Crippen MR) is 112 cm³/mol. The molecular weight excluding hydrogens is 407 g/mol. The third kappa shape index (κ3) is 4.47. The standard InChI is InChI=1S/C23H22F3N3O2/c24-23(25,26)20-8-2-1-7-19(20)22(9-4-10-22)12-18(29-30)13-28-17-6-3-5-16(11-17)21-14-27-15-31-21/h1-3,5-8,11,14-15,18,28H,4,9-10,12-13H2. The zero-order chi connectivity index (χ0) is 21.9. The van der Waals surface area contributed by atoms with E-state index in [1.54, 1.807) is 12.3 Å². The molecule has 1 aliphatic carbocycles. The summed E-state index contributed by atoms with van der Waals surface area (Å²) < 4.78 is 46.0. The van der Waals surface area contributed by atoms with Gasteiger partial charge in [-0.2, -0.15) is 18.1 Å². The molecule has 1 unspecified atom stereocenters. The number of rotatable bonds is 8. The summed E-state index contributed by atoms with van der Waals surface area (Å²) in [6.45, 7) is 0.235. The number of nitroso groups, excluding NO2 is 1. The molecule has 5 nitrogen and oxygen atoms in total. The summed E-state index contributed by atoms with van der Waals surface area (Å²) in [5.74, 6) is 0.617. The first-order chi connectivity index (χ1) is 14.9. The average molecular weight is 429 g/mol. The second kappa shape index (κ2) is 8.53. The Bertz CT molecular complexity index is 1030. The van der Waals surface area contributed by atoms with Crippen LogP contribution in [0, 0.1) is 4.91 Å². The number of alkyl halides is 3. The molecule has 0 spiro atoms. The summed E-state index contributed by atoms with van der Waals surface area (Å²) in [7, 11) is 0. The third-order valence-corrected chi connectivity index (χ3v) is 6.01. The van der Waals surface area contributed by atoms with Crippen molar-refractivity contribution in [1.29, 1.82) is 0 Å². The van der Waals surface area contributed by atoms with Crippen molar-refractivity contribution in [2.24, 2.45) is 5.18 Å². The lowest BCUT2D eigenvalue weighted by molar-refractivity contribution is -0.139. The fourth-order valence-electron chi connectivity index (χ4n) is 4.35. The minimum Gasteiger partial charge on any atom is -0.444 e. The maximum absolute atomic E-state index is 13.6. The molecule has 31 heavy (non-hydrogen) atoms. The van der Waals surface area contributed by atoms with Gasteiger partial charge in [0.05, 0.1) is 11.8 Å².